The number of carbonyl (C=O) groups excluding carboxylic acids is 1. The number of hydrogen-bond acceptors (Lipinski definition) is 5. The Labute approximate surface area is 176 Å². The molecule has 5 nitrogen and oxygen atoms in total. The van der Waals surface area contributed by atoms with Crippen molar-refractivity contribution in [1.29, 1.82) is 0 Å². The molecule has 0 saturated heterocycles. The number of rotatable bonds is 6. The van der Waals surface area contributed by atoms with Gasteiger partial charge in [-0.15, -0.1) is 23.1 Å². The Bertz CT molecular complexity index is 1220. The average molecular weight is 422 g/mol. The summed E-state index contributed by atoms with van der Waals surface area (Å²) in [4.78, 5) is 30.8. The van der Waals surface area contributed by atoms with Crippen LogP contribution >= 0.6 is 23.1 Å². The topological polar surface area (TPSA) is 63.5 Å². The Morgan fingerprint density at radius 1 is 1.14 bits per heavy atom. The predicted molar refractivity (Wildman–Crippen MR) is 120 cm³/mol. The van der Waals surface area contributed by atoms with Crippen LogP contribution in [0.5, 0.6) is 0 Å². The van der Waals surface area contributed by atoms with Gasteiger partial charge in [-0.25, -0.2) is 4.98 Å². The third kappa shape index (κ3) is 4.26. The van der Waals surface area contributed by atoms with Crippen LogP contribution in [0.3, 0.4) is 0 Å². The Balaban J connectivity index is 1.59. The predicted octanol–water partition coefficient (Wildman–Crippen LogP) is 5.06. The molecule has 1 N–H and O–H groups in total. The van der Waals surface area contributed by atoms with Crippen LogP contribution in [0.4, 0.5) is 5.69 Å². The van der Waals surface area contributed by atoms with E-state index in [2.05, 4.69) is 10.3 Å². The van der Waals surface area contributed by atoms with E-state index in [9.17, 15) is 9.59 Å². The van der Waals surface area contributed by atoms with Gasteiger partial charge in [0.15, 0.2) is 4.96 Å². The van der Waals surface area contributed by atoms with Crippen LogP contribution in [0.25, 0.3) is 16.2 Å². The molecule has 146 valence electrons. The minimum atomic E-state index is -0.0849. The van der Waals surface area contributed by atoms with Gasteiger partial charge in [0.1, 0.15) is 0 Å². The van der Waals surface area contributed by atoms with Gasteiger partial charge in [0, 0.05) is 28.5 Å². The van der Waals surface area contributed by atoms with Crippen LogP contribution in [0.15, 0.2) is 75.7 Å². The largest absolute Gasteiger partial charge is 0.325 e. The maximum atomic E-state index is 12.8. The smallest absolute Gasteiger partial charge is 0.259 e. The first-order valence-corrected chi connectivity index (χ1v) is 11.1. The molecule has 0 fully saturated rings. The van der Waals surface area contributed by atoms with Crippen molar-refractivity contribution in [2.45, 2.75) is 24.0 Å². The number of aromatic nitrogens is 2. The molecule has 0 unspecified atom stereocenters. The Morgan fingerprint density at radius 3 is 2.69 bits per heavy atom. The fraction of sp³-hybridized carbons (Fsp3) is 0.136. The fourth-order valence-electron chi connectivity index (χ4n) is 2.93. The SMILES string of the molecule is CCC(=O)Nc1ccccc1SCc1cc(=O)n2c(-c3ccccc3)csc2n1. The summed E-state index contributed by atoms with van der Waals surface area (Å²) in [6.07, 6.45) is 0.427. The minimum Gasteiger partial charge on any atom is -0.325 e. The zero-order chi connectivity index (χ0) is 20.2. The Hall–Kier alpha value is -2.90. The summed E-state index contributed by atoms with van der Waals surface area (Å²) in [6.45, 7) is 1.82. The van der Waals surface area contributed by atoms with Gasteiger partial charge >= 0.3 is 0 Å². The third-order valence-electron chi connectivity index (χ3n) is 4.39. The van der Waals surface area contributed by atoms with Gasteiger partial charge in [-0.3, -0.25) is 14.0 Å². The number of para-hydroxylation sites is 1. The molecule has 0 saturated carbocycles. The number of carbonyl (C=O) groups is 1. The second kappa shape index (κ2) is 8.63. The lowest BCUT2D eigenvalue weighted by atomic mass is 10.2. The zero-order valence-corrected chi connectivity index (χ0v) is 17.4. The molecule has 7 heteroatoms. The minimum absolute atomic E-state index is 0.0251. The van der Waals surface area contributed by atoms with E-state index in [4.69, 9.17) is 0 Å². The van der Waals surface area contributed by atoms with E-state index >= 15 is 0 Å². The van der Waals surface area contributed by atoms with Crippen molar-refractivity contribution in [2.24, 2.45) is 0 Å². The molecular weight excluding hydrogens is 402 g/mol. The molecule has 29 heavy (non-hydrogen) atoms. The molecule has 2 aromatic carbocycles. The first-order valence-electron chi connectivity index (χ1n) is 9.23. The summed E-state index contributed by atoms with van der Waals surface area (Å²) < 4.78 is 1.66. The summed E-state index contributed by atoms with van der Waals surface area (Å²) in [6, 6.07) is 19.1. The van der Waals surface area contributed by atoms with Crippen LogP contribution in [-0.2, 0) is 10.5 Å². The van der Waals surface area contributed by atoms with Crippen LogP contribution < -0.4 is 10.9 Å². The van der Waals surface area contributed by atoms with Crippen LogP contribution in [0.1, 0.15) is 19.0 Å². The number of amides is 1. The number of hydrogen-bond donors (Lipinski definition) is 1. The van der Waals surface area contributed by atoms with Crippen LogP contribution in [0, 0.1) is 0 Å². The number of thiazole rings is 1. The lowest BCUT2D eigenvalue weighted by Crippen LogP contribution is -2.14. The Morgan fingerprint density at radius 2 is 1.90 bits per heavy atom. The summed E-state index contributed by atoms with van der Waals surface area (Å²) in [5.74, 6) is 0.520. The first-order chi connectivity index (χ1) is 14.2. The average Bonchev–Trinajstić information content (AvgIpc) is 3.18. The normalized spacial score (nSPS) is 10.9. The van der Waals surface area contributed by atoms with Gasteiger partial charge in [-0.2, -0.15) is 0 Å². The van der Waals surface area contributed by atoms with E-state index in [1.807, 2.05) is 66.9 Å². The lowest BCUT2D eigenvalue weighted by molar-refractivity contribution is -0.115. The van der Waals surface area contributed by atoms with Crippen molar-refractivity contribution in [1.82, 2.24) is 9.38 Å². The molecule has 0 bridgehead atoms. The molecule has 0 atom stereocenters. The van der Waals surface area contributed by atoms with E-state index in [0.29, 0.717) is 17.1 Å². The molecule has 4 aromatic rings. The van der Waals surface area contributed by atoms with Gasteiger partial charge in [-0.05, 0) is 17.7 Å². The first kappa shape index (κ1) is 19.4. The summed E-state index contributed by atoms with van der Waals surface area (Å²) in [5, 5.41) is 4.88. The summed E-state index contributed by atoms with van der Waals surface area (Å²) in [7, 11) is 0. The number of anilines is 1. The molecule has 1 amide bonds. The second-order valence-corrected chi connectivity index (χ2v) is 8.23. The van der Waals surface area contributed by atoms with Crippen molar-refractivity contribution < 1.29 is 4.79 Å². The van der Waals surface area contributed by atoms with Crippen molar-refractivity contribution >= 4 is 39.7 Å². The zero-order valence-electron chi connectivity index (χ0n) is 15.8. The van der Waals surface area contributed by atoms with E-state index in [0.717, 1.165) is 27.5 Å². The number of benzene rings is 2. The second-order valence-electron chi connectivity index (χ2n) is 6.38. The molecule has 0 aliphatic carbocycles. The number of nitrogens with one attached hydrogen (secondary N) is 1. The van der Waals surface area contributed by atoms with Crippen molar-refractivity contribution in [3.8, 4) is 11.3 Å². The number of nitrogens with zero attached hydrogens (tertiary/aromatic N) is 2. The van der Waals surface area contributed by atoms with E-state index in [1.54, 1.807) is 22.2 Å². The van der Waals surface area contributed by atoms with Gasteiger partial charge in [0.05, 0.1) is 17.1 Å². The maximum Gasteiger partial charge on any atom is 0.259 e. The van der Waals surface area contributed by atoms with Crippen molar-refractivity contribution in [3.05, 3.63) is 82.1 Å². The molecule has 4 rings (SSSR count). The number of thioether (sulfide) groups is 1. The molecule has 2 aromatic heterocycles. The maximum absolute atomic E-state index is 12.8. The number of fused-ring (bicyclic) bond motifs is 1. The third-order valence-corrected chi connectivity index (χ3v) is 6.32. The van der Waals surface area contributed by atoms with Crippen LogP contribution in [0.2, 0.25) is 0 Å². The van der Waals surface area contributed by atoms with Crippen molar-refractivity contribution in [2.75, 3.05) is 5.32 Å². The summed E-state index contributed by atoms with van der Waals surface area (Å²) >= 11 is 3.01. The van der Waals surface area contributed by atoms with E-state index < -0.39 is 0 Å². The highest BCUT2D eigenvalue weighted by Crippen LogP contribution is 2.30. The monoisotopic (exact) mass is 421 g/mol. The highest BCUT2D eigenvalue weighted by Gasteiger charge is 2.12. The molecule has 0 radical (unpaired) electrons. The molecule has 2 heterocycles. The van der Waals surface area contributed by atoms with Gasteiger partial charge in [0.2, 0.25) is 5.91 Å². The van der Waals surface area contributed by atoms with E-state index in [-0.39, 0.29) is 11.5 Å². The standard InChI is InChI=1S/C22H19N3O2S2/c1-2-20(26)24-17-10-6-7-11-19(17)28-13-16-12-21(27)25-18(14-29-22(25)23-16)15-8-4-3-5-9-15/h3-12,14H,2,13H2,1H3,(H,24,26). The summed E-state index contributed by atoms with van der Waals surface area (Å²) in [5.41, 5.74) is 3.27. The molecular formula is C22H19N3O2S2. The Kier molecular flexibility index (Phi) is 5.78. The molecule has 0 aliphatic rings. The lowest BCUT2D eigenvalue weighted by Gasteiger charge is -2.10. The van der Waals surface area contributed by atoms with Gasteiger partial charge < -0.3 is 5.32 Å². The van der Waals surface area contributed by atoms with Gasteiger partial charge in [-0.1, -0.05) is 49.4 Å². The quantitative estimate of drug-likeness (QED) is 0.442. The van der Waals surface area contributed by atoms with Gasteiger partial charge in [0.25, 0.3) is 5.56 Å². The van der Waals surface area contributed by atoms with E-state index in [1.165, 1.54) is 11.3 Å². The fourth-order valence-corrected chi connectivity index (χ4v) is 4.76. The molecule has 0 spiro atoms. The molecule has 0 aliphatic heterocycles. The van der Waals surface area contributed by atoms with Crippen LogP contribution in [-0.4, -0.2) is 15.3 Å². The highest BCUT2D eigenvalue weighted by atomic mass is 32.2. The highest BCUT2D eigenvalue weighted by molar-refractivity contribution is 7.98. The van der Waals surface area contributed by atoms with Crippen molar-refractivity contribution in [3.63, 3.8) is 0 Å².